The van der Waals surface area contributed by atoms with Gasteiger partial charge in [-0.15, -0.1) is 0 Å². The summed E-state index contributed by atoms with van der Waals surface area (Å²) in [7, 11) is 0. The highest BCUT2D eigenvalue weighted by molar-refractivity contribution is 6.64. The summed E-state index contributed by atoms with van der Waals surface area (Å²) in [6.45, 7) is 4.67. The van der Waals surface area contributed by atoms with Crippen molar-refractivity contribution in [3.8, 4) is 0 Å². The maximum Gasteiger partial charge on any atom is 0.227 e. The lowest BCUT2D eigenvalue weighted by atomic mass is 9.39. The molecule has 4 fully saturated rings. The van der Waals surface area contributed by atoms with Crippen molar-refractivity contribution < 1.29 is 4.79 Å². The fourth-order valence-electron chi connectivity index (χ4n) is 6.17. The molecule has 0 heterocycles. The Morgan fingerprint density at radius 1 is 1.24 bits per heavy atom. The highest BCUT2D eigenvalue weighted by atomic mass is 35.5. The van der Waals surface area contributed by atoms with Gasteiger partial charge in [-0.1, -0.05) is 20.3 Å². The maximum absolute atomic E-state index is 12.0. The van der Waals surface area contributed by atoms with E-state index in [0.29, 0.717) is 10.8 Å². The third-order valence-electron chi connectivity index (χ3n) is 5.66. The first-order valence-corrected chi connectivity index (χ1v) is 7.49. The highest BCUT2D eigenvalue weighted by Crippen LogP contribution is 2.71. The zero-order chi connectivity index (χ0) is 12.3. The largest absolute Gasteiger partial charge is 0.281 e. The summed E-state index contributed by atoms with van der Waals surface area (Å²) in [4.78, 5) is 12.0. The van der Waals surface area contributed by atoms with E-state index in [-0.39, 0.29) is 10.7 Å². The molecule has 4 bridgehead atoms. The van der Waals surface area contributed by atoms with Crippen LogP contribution in [0, 0.1) is 22.2 Å². The Hall–Kier alpha value is -0.0400. The summed E-state index contributed by atoms with van der Waals surface area (Å²) in [6, 6.07) is 0. The predicted molar refractivity (Wildman–Crippen MR) is 69.9 cm³/mol. The molecule has 0 spiro atoms. The molecule has 4 atom stereocenters. The Labute approximate surface area is 109 Å². The molecule has 4 unspecified atom stereocenters. The van der Waals surface area contributed by atoms with Crippen LogP contribution in [0.2, 0.25) is 0 Å². The molecule has 0 aromatic rings. The first-order valence-electron chi connectivity index (χ1n) is 7.11. The third kappa shape index (κ3) is 1.69. The minimum atomic E-state index is -0.148. The van der Waals surface area contributed by atoms with Gasteiger partial charge in [0.15, 0.2) is 0 Å². The molecule has 1 nitrogen and oxygen atoms in total. The molecule has 4 saturated carbocycles. The van der Waals surface area contributed by atoms with E-state index in [0.717, 1.165) is 25.2 Å². The average molecular weight is 255 g/mol. The van der Waals surface area contributed by atoms with Gasteiger partial charge >= 0.3 is 0 Å². The molecule has 4 aliphatic carbocycles. The molecular formula is C15H23ClO. The molecule has 0 saturated heterocycles. The Morgan fingerprint density at radius 3 is 2.59 bits per heavy atom. The van der Waals surface area contributed by atoms with Crippen molar-refractivity contribution >= 4 is 16.8 Å². The van der Waals surface area contributed by atoms with Gasteiger partial charge in [-0.2, -0.15) is 0 Å². The van der Waals surface area contributed by atoms with E-state index < -0.39 is 0 Å². The van der Waals surface area contributed by atoms with E-state index in [4.69, 9.17) is 11.6 Å². The van der Waals surface area contributed by atoms with Crippen LogP contribution in [-0.2, 0) is 4.79 Å². The number of hydrogen-bond acceptors (Lipinski definition) is 1. The molecule has 96 valence electrons. The lowest BCUT2D eigenvalue weighted by Crippen LogP contribution is -2.57. The Kier molecular flexibility index (Phi) is 2.47. The molecule has 0 amide bonds. The maximum atomic E-state index is 12.0. The van der Waals surface area contributed by atoms with Crippen LogP contribution in [0.3, 0.4) is 0 Å². The van der Waals surface area contributed by atoms with Crippen molar-refractivity contribution in [1.29, 1.82) is 0 Å². The van der Waals surface area contributed by atoms with Gasteiger partial charge in [0.1, 0.15) is 0 Å². The fourth-order valence-corrected chi connectivity index (χ4v) is 6.38. The van der Waals surface area contributed by atoms with Crippen LogP contribution in [-0.4, -0.2) is 5.24 Å². The van der Waals surface area contributed by atoms with Crippen molar-refractivity contribution in [2.24, 2.45) is 22.2 Å². The minimum Gasteiger partial charge on any atom is -0.281 e. The first kappa shape index (κ1) is 12.0. The van der Waals surface area contributed by atoms with Gasteiger partial charge in [-0.05, 0) is 73.3 Å². The van der Waals surface area contributed by atoms with Crippen molar-refractivity contribution in [3.05, 3.63) is 0 Å². The zero-order valence-electron chi connectivity index (χ0n) is 11.0. The Bertz CT molecular complexity index is 366. The summed E-state index contributed by atoms with van der Waals surface area (Å²) in [6.07, 6.45) is 9.81. The van der Waals surface area contributed by atoms with E-state index in [1.165, 1.54) is 32.1 Å². The second kappa shape index (κ2) is 3.50. The topological polar surface area (TPSA) is 17.1 Å². The monoisotopic (exact) mass is 254 g/mol. The second-order valence-corrected chi connectivity index (χ2v) is 7.97. The zero-order valence-corrected chi connectivity index (χ0v) is 11.8. The van der Waals surface area contributed by atoms with Gasteiger partial charge in [0, 0.05) is 5.41 Å². The normalized spacial score (nSPS) is 51.8. The van der Waals surface area contributed by atoms with Crippen molar-refractivity contribution in [1.82, 2.24) is 0 Å². The van der Waals surface area contributed by atoms with Crippen LogP contribution >= 0.6 is 11.6 Å². The Balaban J connectivity index is 2.00. The van der Waals surface area contributed by atoms with E-state index in [2.05, 4.69) is 13.8 Å². The standard InChI is InChI=1S/C15H23ClO/c1-3-4-14-6-11-5-13(2,8-14)9-15(7-11,10-14)12(16)17/h11H,3-10H2,1-2H3. The van der Waals surface area contributed by atoms with Crippen LogP contribution in [0.25, 0.3) is 0 Å². The summed E-state index contributed by atoms with van der Waals surface area (Å²) in [5.41, 5.74) is 0.706. The van der Waals surface area contributed by atoms with Gasteiger partial charge in [-0.3, -0.25) is 4.79 Å². The molecular weight excluding hydrogens is 232 g/mol. The number of carbonyl (C=O) groups is 1. The van der Waals surface area contributed by atoms with Gasteiger partial charge in [0.25, 0.3) is 0 Å². The van der Waals surface area contributed by atoms with E-state index in [1.54, 1.807) is 0 Å². The molecule has 2 heteroatoms. The summed E-state index contributed by atoms with van der Waals surface area (Å²) in [5.74, 6) is 0.769. The van der Waals surface area contributed by atoms with Gasteiger partial charge in [0.2, 0.25) is 5.24 Å². The van der Waals surface area contributed by atoms with Gasteiger partial charge in [0.05, 0.1) is 0 Å². The smallest absolute Gasteiger partial charge is 0.227 e. The first-order chi connectivity index (χ1) is 7.91. The lowest BCUT2D eigenvalue weighted by Gasteiger charge is -2.65. The molecule has 0 aromatic carbocycles. The minimum absolute atomic E-state index is 0.0340. The quantitative estimate of drug-likeness (QED) is 0.677. The van der Waals surface area contributed by atoms with Gasteiger partial charge in [-0.25, -0.2) is 0 Å². The number of hydrogen-bond donors (Lipinski definition) is 0. The molecule has 0 aliphatic heterocycles. The second-order valence-electron chi connectivity index (χ2n) is 7.62. The van der Waals surface area contributed by atoms with Crippen molar-refractivity contribution in [2.75, 3.05) is 0 Å². The Morgan fingerprint density at radius 2 is 2.00 bits per heavy atom. The summed E-state index contributed by atoms with van der Waals surface area (Å²) in [5, 5.41) is -0.0340. The highest BCUT2D eigenvalue weighted by Gasteiger charge is 2.63. The molecule has 17 heavy (non-hydrogen) atoms. The van der Waals surface area contributed by atoms with Crippen LogP contribution < -0.4 is 0 Å². The summed E-state index contributed by atoms with van der Waals surface area (Å²) >= 11 is 5.98. The number of rotatable bonds is 3. The molecule has 4 aliphatic rings. The van der Waals surface area contributed by atoms with Gasteiger partial charge < -0.3 is 0 Å². The SMILES string of the molecule is CCCC12CC3CC(C)(C1)CC(C(=O)Cl)(C3)C2. The van der Waals surface area contributed by atoms with Crippen molar-refractivity contribution in [3.63, 3.8) is 0 Å². The van der Waals surface area contributed by atoms with Crippen molar-refractivity contribution in [2.45, 2.75) is 65.2 Å². The van der Waals surface area contributed by atoms with Crippen LogP contribution in [0.4, 0.5) is 0 Å². The molecule has 0 radical (unpaired) electrons. The number of halogens is 1. The molecule has 0 aromatic heterocycles. The van der Waals surface area contributed by atoms with Crippen LogP contribution in [0.1, 0.15) is 65.2 Å². The summed E-state index contributed by atoms with van der Waals surface area (Å²) < 4.78 is 0. The van der Waals surface area contributed by atoms with Crippen LogP contribution in [0.15, 0.2) is 0 Å². The van der Waals surface area contributed by atoms with Crippen LogP contribution in [0.5, 0.6) is 0 Å². The predicted octanol–water partition coefficient (Wildman–Crippen LogP) is 4.53. The average Bonchev–Trinajstić information content (AvgIpc) is 2.12. The van der Waals surface area contributed by atoms with E-state index in [9.17, 15) is 4.79 Å². The fraction of sp³-hybridized carbons (Fsp3) is 0.933. The third-order valence-corrected chi connectivity index (χ3v) is 6.06. The van der Waals surface area contributed by atoms with E-state index >= 15 is 0 Å². The lowest BCUT2D eigenvalue weighted by molar-refractivity contribution is -0.166. The molecule has 4 rings (SSSR count). The molecule has 0 N–H and O–H groups in total. The number of carbonyl (C=O) groups excluding carboxylic acids is 1. The van der Waals surface area contributed by atoms with E-state index in [1.807, 2.05) is 0 Å².